The van der Waals surface area contributed by atoms with Crippen LogP contribution in [0.25, 0.3) is 0 Å². The van der Waals surface area contributed by atoms with Crippen LogP contribution in [0.5, 0.6) is 40.2 Å². The molecule has 4 N–H and O–H groups in total. The molecule has 0 unspecified atom stereocenters. The number of unbranched alkanes of at least 4 members (excludes halogenated alkanes) is 5. The summed E-state index contributed by atoms with van der Waals surface area (Å²) in [6.45, 7) is 45.2. The fraction of sp³-hybridized carbons (Fsp3) is 0.739. The van der Waals surface area contributed by atoms with Crippen molar-refractivity contribution < 1.29 is 53.6 Å². The van der Waals surface area contributed by atoms with E-state index in [0.29, 0.717) is 47.3 Å². The van der Waals surface area contributed by atoms with Crippen LogP contribution in [0.4, 0.5) is 0 Å². The molecule has 11 nitrogen and oxygen atoms in total. The molecule has 4 aromatic carbocycles. The van der Waals surface area contributed by atoms with E-state index in [0.717, 1.165) is 137 Å². The lowest BCUT2D eigenvalue weighted by Gasteiger charge is -2.49. The first kappa shape index (κ1) is 82.4. The largest absolute Gasteiger partial charge is 0.496 e. The molecule has 0 radical (unpaired) electrons. The highest BCUT2D eigenvalue weighted by Gasteiger charge is 2.52. The van der Waals surface area contributed by atoms with Gasteiger partial charge in [0.25, 0.3) is 0 Å². The molecule has 103 heavy (non-hydrogen) atoms. The number of hydrogen-bond donors (Lipinski definition) is 4. The van der Waals surface area contributed by atoms with Gasteiger partial charge in [-0.2, -0.15) is 0 Å². The third-order valence-corrected chi connectivity index (χ3v) is 26.8. The number of hydrogen-bond acceptors (Lipinski definition) is 11. The van der Waals surface area contributed by atoms with E-state index in [-0.39, 0.29) is 68.5 Å². The summed E-state index contributed by atoms with van der Waals surface area (Å²) < 4.78 is 43.7. The predicted octanol–water partition coefficient (Wildman–Crippen LogP) is 22.7. The second-order valence-electron chi connectivity index (χ2n) is 37.9. The van der Waals surface area contributed by atoms with Crippen LogP contribution in [-0.2, 0) is 21.7 Å². The summed E-state index contributed by atoms with van der Waals surface area (Å²) in [5, 5.41) is 41.1. The van der Waals surface area contributed by atoms with Crippen molar-refractivity contribution in [3.63, 3.8) is 0 Å². The molecule has 0 bridgehead atoms. The van der Waals surface area contributed by atoms with Crippen LogP contribution in [-0.4, -0.2) is 88.6 Å². The molecule has 4 heterocycles. The van der Waals surface area contributed by atoms with Crippen molar-refractivity contribution in [2.45, 2.75) is 391 Å². The first-order chi connectivity index (χ1) is 48.3. The van der Waals surface area contributed by atoms with Crippen LogP contribution in [0.3, 0.4) is 0 Å². The minimum Gasteiger partial charge on any atom is -0.496 e. The van der Waals surface area contributed by atoms with Crippen LogP contribution in [0.1, 0.15) is 367 Å². The normalized spacial score (nSPS) is 27.4. The quantitative estimate of drug-likeness (QED) is 0.0628. The van der Waals surface area contributed by atoms with Gasteiger partial charge in [0.15, 0.2) is 0 Å². The number of benzene rings is 4. The maximum Gasteiger partial charge on any atom is 0.127 e. The lowest BCUT2D eigenvalue weighted by molar-refractivity contribution is -0.0323. The van der Waals surface area contributed by atoms with Crippen molar-refractivity contribution in [1.29, 1.82) is 0 Å². The summed E-state index contributed by atoms with van der Waals surface area (Å²) in [7, 11) is 5.28. The average molecular weight is 1430 g/mol. The molecular formula is C92H144O11. The molecule has 8 aliphatic rings. The second kappa shape index (κ2) is 33.0. The van der Waals surface area contributed by atoms with Gasteiger partial charge in [-0.3, -0.25) is 0 Å². The first-order valence-corrected chi connectivity index (χ1v) is 41.1. The zero-order valence-electron chi connectivity index (χ0n) is 68.9. The Morgan fingerprint density at radius 1 is 0.340 bits per heavy atom. The van der Waals surface area contributed by atoms with Crippen LogP contribution >= 0.6 is 0 Å². The van der Waals surface area contributed by atoms with Gasteiger partial charge in [-0.25, -0.2) is 0 Å². The number of fused-ring (bicyclic) bond motifs is 12. The topological polar surface area (TPSA) is 146 Å². The SMILES string of the molecule is CCCC(C)(C)c1ccc2c(c1)OC(C)(C)[C@@H]1CC[C@@H](O)C[C@@H]21.CCCCC(C)(C)c1cc(OC)c2c(c1)OC(C)(C)[C@@H]1CC[C@@H](O)C[C@@H]21.CCCCCC(C)(C)c1cc(OC)c2c(c1)OC(C)(C)[C@@H]1CC[C@@H](O)C[C@@H]21.CCCCCC(C)(C)c1cc(OC)c2c(c1)OC(C)(C)[C@@H]1CC[C@H](O)C[C@@H]21. The standard InChI is InChI=1S/2C24H38O3.C23H36O3.C21H32O2/c2*1-7-8-9-12-23(2,3)16-13-20(26-6)22-18-15-17(25)10-11-19(18)24(4,5)27-21(22)14-16;1-7-8-11-22(2,3)15-12-19(25-6)21-17-14-16(24)9-10-18(17)23(4,5)26-20(21)13-15;1-6-11-20(2,3)14-7-9-16-17-13-15(22)8-10-18(17)21(4,5)23-19(16)12-14/h2*13-14,17-19,25H,7-12,15H2,1-6H3;12-13,16-18,24H,7-11,14H2,1-6H3;7,9,12,15,17-18,22H,6,8,10-11,13H2,1-5H3/t17-,18+,19+;17-,18-,19-;16-,17-,18-;15-,17+,18-/m0111/s1. The Kier molecular flexibility index (Phi) is 26.4. The van der Waals surface area contributed by atoms with Crippen LogP contribution < -0.4 is 33.2 Å². The molecule has 4 saturated carbocycles. The van der Waals surface area contributed by atoms with Crippen LogP contribution in [0.2, 0.25) is 0 Å². The molecule has 0 spiro atoms. The molecule has 578 valence electrons. The molecule has 0 amide bonds. The summed E-state index contributed by atoms with van der Waals surface area (Å²) in [5.74, 6) is 9.87. The highest BCUT2D eigenvalue weighted by atomic mass is 16.5. The summed E-state index contributed by atoms with van der Waals surface area (Å²) in [6, 6.07) is 20.2. The fourth-order valence-corrected chi connectivity index (χ4v) is 20.3. The van der Waals surface area contributed by atoms with E-state index in [4.69, 9.17) is 33.2 Å². The number of rotatable bonds is 20. The first-order valence-electron chi connectivity index (χ1n) is 41.1. The summed E-state index contributed by atoms with van der Waals surface area (Å²) in [4.78, 5) is 0. The van der Waals surface area contributed by atoms with Crippen LogP contribution in [0.15, 0.2) is 54.6 Å². The Morgan fingerprint density at radius 3 is 0.932 bits per heavy atom. The van der Waals surface area contributed by atoms with Gasteiger partial charge in [0.1, 0.15) is 62.7 Å². The van der Waals surface area contributed by atoms with Gasteiger partial charge < -0.3 is 53.6 Å². The molecule has 0 saturated heterocycles. The predicted molar refractivity (Wildman–Crippen MR) is 423 cm³/mol. The van der Waals surface area contributed by atoms with E-state index in [1.807, 2.05) is 0 Å². The molecule has 11 heteroatoms. The third kappa shape index (κ3) is 18.4. The lowest BCUT2D eigenvalue weighted by atomic mass is 9.65. The van der Waals surface area contributed by atoms with E-state index in [9.17, 15) is 20.4 Å². The van der Waals surface area contributed by atoms with Crippen molar-refractivity contribution in [2.75, 3.05) is 21.3 Å². The summed E-state index contributed by atoms with van der Waals surface area (Å²) in [6.07, 6.45) is 25.9. The van der Waals surface area contributed by atoms with Gasteiger partial charge in [-0.15, -0.1) is 0 Å². The molecule has 0 aromatic heterocycles. The van der Waals surface area contributed by atoms with Crippen molar-refractivity contribution in [2.24, 2.45) is 23.7 Å². The Hall–Kier alpha value is -4.68. The number of ether oxygens (including phenoxy) is 7. The monoisotopic (exact) mass is 1430 g/mol. The molecule has 12 atom stereocenters. The van der Waals surface area contributed by atoms with Crippen LogP contribution in [0, 0.1) is 23.7 Å². The summed E-state index contributed by atoms with van der Waals surface area (Å²) >= 11 is 0. The van der Waals surface area contributed by atoms with Crippen molar-refractivity contribution >= 4 is 0 Å². The van der Waals surface area contributed by atoms with Gasteiger partial charge in [-0.1, -0.05) is 153 Å². The van der Waals surface area contributed by atoms with E-state index >= 15 is 0 Å². The second-order valence-corrected chi connectivity index (χ2v) is 37.9. The van der Waals surface area contributed by atoms with E-state index in [1.54, 1.807) is 21.3 Å². The van der Waals surface area contributed by atoms with Gasteiger partial charge in [0.2, 0.25) is 0 Å². The van der Waals surface area contributed by atoms with E-state index in [2.05, 4.69) is 193 Å². The Morgan fingerprint density at radius 2 is 0.621 bits per heavy atom. The van der Waals surface area contributed by atoms with Gasteiger partial charge in [0, 0.05) is 58.1 Å². The zero-order valence-corrected chi connectivity index (χ0v) is 68.9. The Labute approximate surface area is 625 Å². The average Bonchev–Trinajstić information content (AvgIpc) is 0.765. The third-order valence-electron chi connectivity index (χ3n) is 26.8. The minimum absolute atomic E-state index is 0.0912. The number of aliphatic hydroxyl groups is 4. The van der Waals surface area contributed by atoms with Gasteiger partial charge in [-0.05, 0) is 256 Å². The molecular weight excluding hydrogens is 1280 g/mol. The smallest absolute Gasteiger partial charge is 0.127 e. The lowest BCUT2D eigenvalue weighted by Crippen LogP contribution is -2.47. The van der Waals surface area contributed by atoms with E-state index in [1.165, 1.54) is 109 Å². The fourth-order valence-electron chi connectivity index (χ4n) is 20.3. The maximum absolute atomic E-state index is 10.3. The Balaban J connectivity index is 0.000000160. The van der Waals surface area contributed by atoms with Gasteiger partial charge in [0.05, 0.1) is 45.7 Å². The Bertz CT molecular complexity index is 3320. The van der Waals surface area contributed by atoms with Crippen molar-refractivity contribution in [1.82, 2.24) is 0 Å². The molecule has 4 aliphatic heterocycles. The van der Waals surface area contributed by atoms with Crippen molar-refractivity contribution in [3.8, 4) is 40.2 Å². The molecule has 12 rings (SSSR count). The molecule has 4 fully saturated rings. The van der Waals surface area contributed by atoms with E-state index < -0.39 is 0 Å². The summed E-state index contributed by atoms with van der Waals surface area (Å²) in [5.41, 5.74) is 9.73. The number of methoxy groups -OCH3 is 3. The van der Waals surface area contributed by atoms with Crippen molar-refractivity contribution in [3.05, 3.63) is 99.1 Å². The highest BCUT2D eigenvalue weighted by Crippen LogP contribution is 2.60. The minimum atomic E-state index is -0.220. The molecule has 4 aliphatic carbocycles. The highest BCUT2D eigenvalue weighted by molar-refractivity contribution is 5.57. The molecule has 4 aromatic rings. The van der Waals surface area contributed by atoms with Gasteiger partial charge >= 0.3 is 0 Å². The maximum atomic E-state index is 10.3. The number of aliphatic hydroxyl groups excluding tert-OH is 4. The zero-order chi connectivity index (χ0) is 75.6.